The van der Waals surface area contributed by atoms with E-state index in [-0.39, 0.29) is 43.0 Å². The van der Waals surface area contributed by atoms with Crippen LogP contribution >= 0.6 is 0 Å². The van der Waals surface area contributed by atoms with Crippen LogP contribution in [0, 0.1) is 24.6 Å². The molecule has 2 aromatic rings. The number of carbonyl (C=O) groups is 3. The summed E-state index contributed by atoms with van der Waals surface area (Å²) in [5.74, 6) is -2.95. The smallest absolute Gasteiger partial charge is 0.416 e. The van der Waals surface area contributed by atoms with Gasteiger partial charge in [0.25, 0.3) is 0 Å². The summed E-state index contributed by atoms with van der Waals surface area (Å²) < 4.78 is 100. The van der Waals surface area contributed by atoms with Gasteiger partial charge >= 0.3 is 18.4 Å². The number of benzene rings is 2. The minimum atomic E-state index is -5.03. The highest BCUT2D eigenvalue weighted by Gasteiger charge is 2.42. The van der Waals surface area contributed by atoms with E-state index in [0.717, 1.165) is 4.90 Å². The van der Waals surface area contributed by atoms with E-state index in [4.69, 9.17) is 4.74 Å². The molecule has 0 radical (unpaired) electrons. The zero-order chi connectivity index (χ0) is 35.8. The highest BCUT2D eigenvalue weighted by molar-refractivity contribution is 5.82. The van der Waals surface area contributed by atoms with Crippen LogP contribution in [0.2, 0.25) is 0 Å². The molecule has 2 aliphatic heterocycles. The van der Waals surface area contributed by atoms with E-state index >= 15 is 0 Å². The molecule has 48 heavy (non-hydrogen) atoms. The van der Waals surface area contributed by atoms with E-state index < -0.39 is 65.3 Å². The van der Waals surface area contributed by atoms with Crippen molar-refractivity contribution in [2.75, 3.05) is 33.2 Å². The molecule has 2 fully saturated rings. The Balaban J connectivity index is 1.53. The van der Waals surface area contributed by atoms with Gasteiger partial charge < -0.3 is 19.4 Å². The topological polar surface area (TPSA) is 70.2 Å². The van der Waals surface area contributed by atoms with E-state index in [0.29, 0.717) is 49.2 Å². The second-order valence-corrected chi connectivity index (χ2v) is 13.6. The van der Waals surface area contributed by atoms with Crippen LogP contribution in [0.5, 0.6) is 0 Å². The molecule has 14 heteroatoms. The third kappa shape index (κ3) is 8.98. The molecule has 2 heterocycles. The zero-order valence-corrected chi connectivity index (χ0v) is 27.5. The maximum Gasteiger partial charge on any atom is 0.416 e. The second-order valence-electron chi connectivity index (χ2n) is 13.6. The monoisotopic (exact) mass is 687 g/mol. The fraction of sp³-hybridized carbons (Fsp3) is 0.559. The van der Waals surface area contributed by atoms with Gasteiger partial charge in [-0.1, -0.05) is 6.07 Å². The Hall–Kier alpha value is -3.84. The first-order chi connectivity index (χ1) is 22.1. The number of hydrogen-bond acceptors (Lipinski definition) is 4. The van der Waals surface area contributed by atoms with Gasteiger partial charge in [-0.15, -0.1) is 0 Å². The number of nitrogens with zero attached hydrogens (tertiary/aromatic N) is 3. The summed E-state index contributed by atoms with van der Waals surface area (Å²) in [5.41, 5.74) is -2.81. The Morgan fingerprint density at radius 2 is 1.42 bits per heavy atom. The lowest BCUT2D eigenvalue weighted by atomic mass is 9.77. The van der Waals surface area contributed by atoms with Crippen LogP contribution in [-0.4, -0.2) is 71.4 Å². The van der Waals surface area contributed by atoms with Crippen LogP contribution in [-0.2, 0) is 33.2 Å². The SMILES string of the molecule is Cc1cc(F)ccc1C1CN(C(=O)C2CCN(C(=O)OC(C)(C)C)CC2)CCC1C(=O)N(C)Cc1cc(C(F)(F)F)cc(C(F)(F)F)c1. The Morgan fingerprint density at radius 1 is 0.854 bits per heavy atom. The van der Waals surface area contributed by atoms with Crippen molar-refractivity contribution in [1.29, 1.82) is 0 Å². The minimum Gasteiger partial charge on any atom is -0.444 e. The highest BCUT2D eigenvalue weighted by Crippen LogP contribution is 2.39. The molecule has 2 atom stereocenters. The molecule has 0 spiro atoms. The molecule has 0 saturated carbocycles. The van der Waals surface area contributed by atoms with Gasteiger partial charge in [-0.3, -0.25) is 9.59 Å². The van der Waals surface area contributed by atoms with Crippen LogP contribution in [0.3, 0.4) is 0 Å². The summed E-state index contributed by atoms with van der Waals surface area (Å²) in [4.78, 5) is 44.3. The van der Waals surface area contributed by atoms with Crippen molar-refractivity contribution in [3.05, 3.63) is 70.0 Å². The van der Waals surface area contributed by atoms with E-state index in [1.54, 1.807) is 37.5 Å². The van der Waals surface area contributed by atoms with Crippen molar-refractivity contribution in [3.63, 3.8) is 0 Å². The molecule has 2 aromatic carbocycles. The number of carbonyl (C=O) groups excluding carboxylic acids is 3. The molecule has 0 aliphatic carbocycles. The van der Waals surface area contributed by atoms with Crippen molar-refractivity contribution < 1.29 is 49.9 Å². The Labute approximate surface area is 275 Å². The number of aryl methyl sites for hydroxylation is 1. The van der Waals surface area contributed by atoms with E-state index in [2.05, 4.69) is 0 Å². The maximum atomic E-state index is 14.1. The van der Waals surface area contributed by atoms with Crippen LogP contribution in [0.1, 0.15) is 73.8 Å². The first-order valence-electron chi connectivity index (χ1n) is 15.7. The third-order valence-electron chi connectivity index (χ3n) is 8.81. The molecular formula is C34H40F7N3O4. The summed E-state index contributed by atoms with van der Waals surface area (Å²) in [5, 5.41) is 0. The van der Waals surface area contributed by atoms with Crippen molar-refractivity contribution in [2.45, 2.75) is 77.4 Å². The van der Waals surface area contributed by atoms with Gasteiger partial charge in [0, 0.05) is 57.5 Å². The van der Waals surface area contributed by atoms with Crippen molar-refractivity contribution >= 4 is 17.9 Å². The lowest BCUT2D eigenvalue weighted by molar-refractivity contribution is -0.144. The number of ether oxygens (including phenoxy) is 1. The van der Waals surface area contributed by atoms with Crippen LogP contribution in [0.4, 0.5) is 35.5 Å². The molecule has 0 N–H and O–H groups in total. The number of hydrogen-bond donors (Lipinski definition) is 0. The minimum absolute atomic E-state index is 0.0345. The summed E-state index contributed by atoms with van der Waals surface area (Å²) in [7, 11) is 1.31. The van der Waals surface area contributed by atoms with Crippen LogP contribution in [0.25, 0.3) is 0 Å². The highest BCUT2D eigenvalue weighted by atomic mass is 19.4. The quantitative estimate of drug-likeness (QED) is 0.307. The molecule has 0 aromatic heterocycles. The number of likely N-dealkylation sites (tertiary alicyclic amines) is 2. The first-order valence-corrected chi connectivity index (χ1v) is 15.7. The third-order valence-corrected chi connectivity index (χ3v) is 8.81. The average Bonchev–Trinajstić information content (AvgIpc) is 2.98. The predicted octanol–water partition coefficient (Wildman–Crippen LogP) is 7.41. The summed E-state index contributed by atoms with van der Waals surface area (Å²) in [6, 6.07) is 5.29. The molecule has 3 amide bonds. The van der Waals surface area contributed by atoms with Gasteiger partial charge in [-0.25, -0.2) is 9.18 Å². The first kappa shape index (κ1) is 37.0. The number of amides is 3. The number of rotatable bonds is 5. The summed E-state index contributed by atoms with van der Waals surface area (Å²) >= 11 is 0. The van der Waals surface area contributed by atoms with Crippen molar-refractivity contribution in [1.82, 2.24) is 14.7 Å². The van der Waals surface area contributed by atoms with E-state index in [1.165, 1.54) is 25.2 Å². The molecular weight excluding hydrogens is 647 g/mol. The molecule has 0 bridgehead atoms. The molecule has 4 rings (SSSR count). The average molecular weight is 688 g/mol. The van der Waals surface area contributed by atoms with Gasteiger partial charge in [-0.05, 0) is 94.0 Å². The summed E-state index contributed by atoms with van der Waals surface area (Å²) in [6.07, 6.45) is -9.52. The Kier molecular flexibility index (Phi) is 10.7. The lowest BCUT2D eigenvalue weighted by Crippen LogP contribution is -2.51. The fourth-order valence-corrected chi connectivity index (χ4v) is 6.46. The molecule has 2 saturated heterocycles. The number of alkyl halides is 6. The van der Waals surface area contributed by atoms with E-state index in [9.17, 15) is 45.1 Å². The largest absolute Gasteiger partial charge is 0.444 e. The standard InChI is InChI=1S/C34H40F7N3O4/c1-20-14-25(35)6-7-26(20)28-19-44(29(45)22-8-11-43(12-9-22)31(47)48-32(2,3)4)13-10-27(28)30(46)42(5)18-21-15-23(33(36,37)38)17-24(16-21)34(39,40)41/h6-7,14-17,22,27-28H,8-13,18-19H2,1-5H3. The second kappa shape index (κ2) is 13.9. The lowest BCUT2D eigenvalue weighted by Gasteiger charge is -2.42. The van der Waals surface area contributed by atoms with Gasteiger partial charge in [0.05, 0.1) is 11.1 Å². The Bertz CT molecular complexity index is 1480. The number of piperidine rings is 2. The van der Waals surface area contributed by atoms with Crippen molar-refractivity contribution in [2.24, 2.45) is 11.8 Å². The molecule has 7 nitrogen and oxygen atoms in total. The van der Waals surface area contributed by atoms with E-state index in [1.807, 2.05) is 0 Å². The maximum absolute atomic E-state index is 14.1. The molecule has 2 aliphatic rings. The van der Waals surface area contributed by atoms with Gasteiger partial charge in [0.15, 0.2) is 0 Å². The van der Waals surface area contributed by atoms with Gasteiger partial charge in [0.1, 0.15) is 11.4 Å². The van der Waals surface area contributed by atoms with Gasteiger partial charge in [-0.2, -0.15) is 26.3 Å². The predicted molar refractivity (Wildman–Crippen MR) is 162 cm³/mol. The van der Waals surface area contributed by atoms with Gasteiger partial charge in [0.2, 0.25) is 11.8 Å². The van der Waals surface area contributed by atoms with Crippen LogP contribution in [0.15, 0.2) is 36.4 Å². The van der Waals surface area contributed by atoms with Crippen molar-refractivity contribution in [3.8, 4) is 0 Å². The Morgan fingerprint density at radius 3 is 1.94 bits per heavy atom. The zero-order valence-electron chi connectivity index (χ0n) is 27.5. The number of halogens is 7. The normalized spacial score (nSPS) is 19.7. The fourth-order valence-electron chi connectivity index (χ4n) is 6.46. The van der Waals surface area contributed by atoms with Crippen LogP contribution < -0.4 is 0 Å². The summed E-state index contributed by atoms with van der Waals surface area (Å²) in [6.45, 7) is 7.39. The molecule has 2 unspecified atom stereocenters. The molecule has 264 valence electrons.